The van der Waals surface area contributed by atoms with Gasteiger partial charge >= 0.3 is 0 Å². The van der Waals surface area contributed by atoms with Crippen LogP contribution in [0.3, 0.4) is 0 Å². The van der Waals surface area contributed by atoms with Crippen LogP contribution in [0, 0.1) is 11.3 Å². The van der Waals surface area contributed by atoms with Gasteiger partial charge in [-0.25, -0.2) is 4.98 Å². The van der Waals surface area contributed by atoms with Gasteiger partial charge in [-0.3, -0.25) is 4.79 Å². The van der Waals surface area contributed by atoms with E-state index in [4.69, 9.17) is 4.74 Å². The second-order valence-corrected chi connectivity index (χ2v) is 6.87. The van der Waals surface area contributed by atoms with Crippen LogP contribution in [-0.2, 0) is 6.42 Å². The number of fused-ring (bicyclic) bond motifs is 1. The van der Waals surface area contributed by atoms with Crippen molar-refractivity contribution < 1.29 is 9.53 Å². The van der Waals surface area contributed by atoms with Crippen molar-refractivity contribution in [1.82, 2.24) is 15.3 Å². The van der Waals surface area contributed by atoms with Gasteiger partial charge in [-0.1, -0.05) is 18.2 Å². The van der Waals surface area contributed by atoms with E-state index >= 15 is 0 Å². The number of benzene rings is 2. The first kappa shape index (κ1) is 19.2. The molecule has 6 heteroatoms. The largest absolute Gasteiger partial charge is 0.481 e. The molecule has 4 aromatic rings. The zero-order valence-electron chi connectivity index (χ0n) is 16.5. The molecular weight excluding hydrogens is 376 g/mol. The van der Waals surface area contributed by atoms with E-state index in [2.05, 4.69) is 21.4 Å². The van der Waals surface area contributed by atoms with E-state index in [9.17, 15) is 10.1 Å². The van der Waals surface area contributed by atoms with Crippen LogP contribution in [0.1, 0.15) is 21.5 Å². The molecule has 0 radical (unpaired) electrons. The predicted octanol–water partition coefficient (Wildman–Crippen LogP) is 4.08. The number of carbonyl (C=O) groups is 1. The first-order valence-electron chi connectivity index (χ1n) is 9.57. The number of hydrogen-bond donors (Lipinski definition) is 2. The first-order valence-corrected chi connectivity index (χ1v) is 9.57. The Labute approximate surface area is 174 Å². The quantitative estimate of drug-likeness (QED) is 0.514. The Kier molecular flexibility index (Phi) is 5.44. The van der Waals surface area contributed by atoms with Crippen molar-refractivity contribution >= 4 is 16.8 Å². The molecule has 4 rings (SSSR count). The normalized spacial score (nSPS) is 10.5. The average Bonchev–Trinajstić information content (AvgIpc) is 3.21. The van der Waals surface area contributed by atoms with Crippen LogP contribution in [0.2, 0.25) is 0 Å². The molecular formula is C24H20N4O2. The van der Waals surface area contributed by atoms with Gasteiger partial charge in [-0.2, -0.15) is 5.26 Å². The lowest BCUT2D eigenvalue weighted by Gasteiger charge is -2.07. The van der Waals surface area contributed by atoms with Crippen molar-refractivity contribution in [1.29, 1.82) is 5.26 Å². The van der Waals surface area contributed by atoms with Crippen molar-refractivity contribution in [3.05, 3.63) is 83.7 Å². The third-order valence-electron chi connectivity index (χ3n) is 4.99. The smallest absolute Gasteiger partial charge is 0.251 e. The molecule has 0 aliphatic carbocycles. The lowest BCUT2D eigenvalue weighted by molar-refractivity contribution is 0.0954. The molecule has 2 heterocycles. The number of methoxy groups -OCH3 is 1. The maximum absolute atomic E-state index is 12.4. The van der Waals surface area contributed by atoms with Crippen LogP contribution in [0.15, 0.2) is 67.0 Å². The van der Waals surface area contributed by atoms with Gasteiger partial charge in [0.2, 0.25) is 5.88 Å². The highest BCUT2D eigenvalue weighted by Gasteiger charge is 2.08. The second kappa shape index (κ2) is 8.50. The number of rotatable bonds is 6. The van der Waals surface area contributed by atoms with Crippen LogP contribution >= 0.6 is 0 Å². The molecule has 1 amide bonds. The summed E-state index contributed by atoms with van der Waals surface area (Å²) in [6, 6.07) is 19.3. The number of nitrogens with zero attached hydrogens (tertiary/aromatic N) is 2. The minimum absolute atomic E-state index is 0.116. The van der Waals surface area contributed by atoms with Gasteiger partial charge in [0, 0.05) is 47.0 Å². The summed E-state index contributed by atoms with van der Waals surface area (Å²) in [6.45, 7) is 0.515. The maximum Gasteiger partial charge on any atom is 0.251 e. The summed E-state index contributed by atoms with van der Waals surface area (Å²) in [7, 11) is 1.58. The minimum Gasteiger partial charge on any atom is -0.481 e. The summed E-state index contributed by atoms with van der Waals surface area (Å²) in [4.78, 5) is 19.7. The Morgan fingerprint density at radius 1 is 1.13 bits per heavy atom. The van der Waals surface area contributed by atoms with Crippen LogP contribution in [0.4, 0.5) is 0 Å². The highest BCUT2D eigenvalue weighted by Crippen LogP contribution is 2.21. The number of H-pyrrole nitrogens is 1. The van der Waals surface area contributed by atoms with Gasteiger partial charge in [0.25, 0.3) is 5.91 Å². The predicted molar refractivity (Wildman–Crippen MR) is 115 cm³/mol. The Hall–Kier alpha value is -4.11. The fraction of sp³-hybridized carbons (Fsp3) is 0.125. The highest BCUT2D eigenvalue weighted by atomic mass is 16.5. The average molecular weight is 396 g/mol. The van der Waals surface area contributed by atoms with Crippen LogP contribution in [0.5, 0.6) is 5.88 Å². The van der Waals surface area contributed by atoms with E-state index in [-0.39, 0.29) is 5.91 Å². The Morgan fingerprint density at radius 3 is 2.63 bits per heavy atom. The lowest BCUT2D eigenvalue weighted by Crippen LogP contribution is -2.25. The van der Waals surface area contributed by atoms with Crippen LogP contribution in [0.25, 0.3) is 22.0 Å². The first-order chi connectivity index (χ1) is 14.7. The lowest BCUT2D eigenvalue weighted by atomic mass is 10.1. The molecule has 148 valence electrons. The number of aromatic nitrogens is 2. The number of amides is 1. The molecule has 0 saturated heterocycles. The SMILES string of the molecule is COc1ccc(-c2ccc(C(=O)NCCc3ccc4[nH]cc(C#N)c4c3)cc2)cn1. The maximum atomic E-state index is 12.4. The Morgan fingerprint density at radius 2 is 1.93 bits per heavy atom. The molecule has 2 aromatic carbocycles. The van der Waals surface area contributed by atoms with Gasteiger partial charge in [-0.15, -0.1) is 0 Å². The molecule has 0 aliphatic heterocycles. The minimum atomic E-state index is -0.116. The fourth-order valence-corrected chi connectivity index (χ4v) is 3.32. The number of nitrogens with one attached hydrogen (secondary N) is 2. The van der Waals surface area contributed by atoms with Gasteiger partial charge < -0.3 is 15.0 Å². The zero-order chi connectivity index (χ0) is 20.9. The molecule has 0 saturated carbocycles. The molecule has 0 bridgehead atoms. The summed E-state index contributed by atoms with van der Waals surface area (Å²) in [5, 5.41) is 13.0. The van der Waals surface area contributed by atoms with Gasteiger partial charge in [0.1, 0.15) is 6.07 Å². The number of hydrogen-bond acceptors (Lipinski definition) is 4. The van der Waals surface area contributed by atoms with Crippen molar-refractivity contribution in [3.8, 4) is 23.1 Å². The fourth-order valence-electron chi connectivity index (χ4n) is 3.32. The van der Waals surface area contributed by atoms with Crippen molar-refractivity contribution in [2.45, 2.75) is 6.42 Å². The monoisotopic (exact) mass is 396 g/mol. The van der Waals surface area contributed by atoms with E-state index in [1.807, 2.05) is 36.4 Å². The van der Waals surface area contributed by atoms with Crippen LogP contribution in [-0.4, -0.2) is 29.5 Å². The summed E-state index contributed by atoms with van der Waals surface area (Å²) >= 11 is 0. The van der Waals surface area contributed by atoms with E-state index in [0.29, 0.717) is 30.0 Å². The van der Waals surface area contributed by atoms with Crippen molar-refractivity contribution in [3.63, 3.8) is 0 Å². The molecule has 0 fully saturated rings. The van der Waals surface area contributed by atoms with Crippen molar-refractivity contribution in [2.75, 3.05) is 13.7 Å². The number of aromatic amines is 1. The number of carbonyl (C=O) groups excluding carboxylic acids is 1. The highest BCUT2D eigenvalue weighted by molar-refractivity contribution is 5.94. The van der Waals surface area contributed by atoms with Crippen molar-refractivity contribution in [2.24, 2.45) is 0 Å². The molecule has 2 aromatic heterocycles. The third-order valence-corrected chi connectivity index (χ3v) is 4.99. The summed E-state index contributed by atoms with van der Waals surface area (Å²) in [5.74, 6) is 0.448. The summed E-state index contributed by atoms with van der Waals surface area (Å²) < 4.78 is 5.07. The zero-order valence-corrected chi connectivity index (χ0v) is 16.5. The van der Waals surface area contributed by atoms with E-state index in [1.165, 1.54) is 0 Å². The van der Waals surface area contributed by atoms with E-state index in [0.717, 1.165) is 27.6 Å². The van der Waals surface area contributed by atoms with E-state index < -0.39 is 0 Å². The second-order valence-electron chi connectivity index (χ2n) is 6.87. The third kappa shape index (κ3) is 4.01. The molecule has 2 N–H and O–H groups in total. The molecule has 0 unspecified atom stereocenters. The number of ether oxygens (including phenoxy) is 1. The summed E-state index contributed by atoms with van der Waals surface area (Å²) in [6.07, 6.45) is 4.14. The molecule has 6 nitrogen and oxygen atoms in total. The number of nitriles is 1. The topological polar surface area (TPSA) is 90.8 Å². The molecule has 0 spiro atoms. The van der Waals surface area contributed by atoms with Crippen LogP contribution < -0.4 is 10.1 Å². The van der Waals surface area contributed by atoms with E-state index in [1.54, 1.807) is 37.7 Å². The number of pyridine rings is 1. The molecule has 30 heavy (non-hydrogen) atoms. The van der Waals surface area contributed by atoms with Gasteiger partial charge in [0.15, 0.2) is 0 Å². The molecule has 0 aliphatic rings. The molecule has 0 atom stereocenters. The Bertz CT molecular complexity index is 1220. The standard InChI is InChI=1S/C24H20N4O2/c1-30-23-9-7-19(14-28-23)17-3-5-18(6-4-17)24(29)26-11-10-16-2-8-22-21(12-16)20(13-25)15-27-22/h2-9,12,14-15,27H,10-11H2,1H3,(H,26,29). The Balaban J connectivity index is 1.36. The van der Waals surface area contributed by atoms with Gasteiger partial charge in [-0.05, 0) is 47.9 Å². The summed E-state index contributed by atoms with van der Waals surface area (Å²) in [5.41, 5.74) is 5.18. The van der Waals surface area contributed by atoms with Gasteiger partial charge in [0.05, 0.1) is 12.7 Å².